The Balaban J connectivity index is 1.18. The van der Waals surface area contributed by atoms with E-state index in [9.17, 15) is 0 Å². The van der Waals surface area contributed by atoms with Crippen molar-refractivity contribution in [1.29, 1.82) is 0 Å². The second kappa shape index (κ2) is 8.32. The van der Waals surface area contributed by atoms with Gasteiger partial charge in [0, 0.05) is 24.8 Å². The van der Waals surface area contributed by atoms with Gasteiger partial charge in [-0.05, 0) is 37.8 Å². The van der Waals surface area contributed by atoms with Crippen molar-refractivity contribution < 1.29 is 9.15 Å². The van der Waals surface area contributed by atoms with E-state index >= 15 is 0 Å². The van der Waals surface area contributed by atoms with Crippen LogP contribution in [0.15, 0.2) is 35.4 Å². The zero-order valence-corrected chi connectivity index (χ0v) is 16.5. The van der Waals surface area contributed by atoms with Gasteiger partial charge in [0.05, 0.1) is 12.2 Å². The molecule has 5 rings (SSSR count). The number of rotatable bonds is 5. The van der Waals surface area contributed by atoms with Gasteiger partial charge in [-0.1, -0.05) is 19.3 Å². The van der Waals surface area contributed by atoms with E-state index in [0.29, 0.717) is 29.6 Å². The lowest BCUT2D eigenvalue weighted by Crippen LogP contribution is -2.39. The van der Waals surface area contributed by atoms with Crippen molar-refractivity contribution in [2.45, 2.75) is 57.2 Å². The number of aromatic amines is 1. The maximum Gasteiger partial charge on any atom is 0.183 e. The smallest absolute Gasteiger partial charge is 0.183 e. The lowest BCUT2D eigenvalue weighted by atomic mass is 9.97. The molecule has 0 aromatic carbocycles. The number of nitrogens with one attached hydrogen (secondary N) is 1. The summed E-state index contributed by atoms with van der Waals surface area (Å²) >= 11 is 0. The van der Waals surface area contributed by atoms with Gasteiger partial charge in [0.1, 0.15) is 17.8 Å². The minimum Gasteiger partial charge on any atom is -0.451 e. The fraction of sp³-hybridized carbons (Fsp3) is 0.524. The lowest BCUT2D eigenvalue weighted by Gasteiger charge is -2.35. The van der Waals surface area contributed by atoms with Crippen molar-refractivity contribution in [3.8, 4) is 22.9 Å². The summed E-state index contributed by atoms with van der Waals surface area (Å²) in [6.07, 6.45) is 14.3. The first-order valence-corrected chi connectivity index (χ1v) is 10.5. The van der Waals surface area contributed by atoms with Gasteiger partial charge < -0.3 is 14.1 Å². The molecule has 0 atom stereocenters. The first kappa shape index (κ1) is 18.3. The number of H-pyrrole nitrogens is 1. The molecule has 0 amide bonds. The predicted molar refractivity (Wildman–Crippen MR) is 108 cm³/mol. The molecule has 0 spiro atoms. The molecule has 3 aromatic rings. The van der Waals surface area contributed by atoms with Crippen molar-refractivity contribution in [2.24, 2.45) is 0 Å². The van der Waals surface area contributed by atoms with Crippen molar-refractivity contribution >= 4 is 5.82 Å². The van der Waals surface area contributed by atoms with Crippen LogP contribution in [0.25, 0.3) is 22.9 Å². The molecule has 0 radical (unpaired) electrons. The topological polar surface area (TPSA) is 93.0 Å². The largest absolute Gasteiger partial charge is 0.451 e. The Hall–Kier alpha value is -2.74. The average molecular weight is 394 g/mol. The molecular formula is C21H26N6O2. The van der Waals surface area contributed by atoms with Gasteiger partial charge in [-0.15, -0.1) is 0 Å². The van der Waals surface area contributed by atoms with Crippen LogP contribution in [-0.2, 0) is 4.74 Å². The Kier molecular flexibility index (Phi) is 5.25. The molecule has 3 aromatic heterocycles. The van der Waals surface area contributed by atoms with E-state index in [2.05, 4.69) is 30.0 Å². The van der Waals surface area contributed by atoms with Gasteiger partial charge in [-0.25, -0.2) is 15.0 Å². The quantitative estimate of drug-likeness (QED) is 0.703. The normalized spacial score (nSPS) is 19.0. The van der Waals surface area contributed by atoms with E-state index in [4.69, 9.17) is 9.15 Å². The van der Waals surface area contributed by atoms with Crippen LogP contribution in [0.5, 0.6) is 0 Å². The number of piperidine rings is 1. The number of aromatic nitrogens is 5. The minimum atomic E-state index is 0.400. The molecule has 1 saturated heterocycles. The molecule has 0 bridgehead atoms. The third-order valence-electron chi connectivity index (χ3n) is 5.87. The van der Waals surface area contributed by atoms with E-state index in [1.54, 1.807) is 0 Å². The molecule has 8 heteroatoms. The van der Waals surface area contributed by atoms with Gasteiger partial charge in [-0.3, -0.25) is 5.10 Å². The summed E-state index contributed by atoms with van der Waals surface area (Å²) < 4.78 is 11.3. The molecule has 2 fully saturated rings. The van der Waals surface area contributed by atoms with E-state index in [-0.39, 0.29) is 0 Å². The summed E-state index contributed by atoms with van der Waals surface area (Å²) in [5.74, 6) is 2.18. The third-order valence-corrected chi connectivity index (χ3v) is 5.87. The second-order valence-corrected chi connectivity index (χ2v) is 7.87. The Labute approximate surface area is 169 Å². The average Bonchev–Trinajstić information content (AvgIpc) is 3.47. The lowest BCUT2D eigenvalue weighted by molar-refractivity contribution is -0.0395. The molecule has 152 valence electrons. The molecule has 2 aliphatic rings. The van der Waals surface area contributed by atoms with E-state index in [0.717, 1.165) is 37.3 Å². The molecule has 4 heterocycles. The number of pyridine rings is 1. The Morgan fingerprint density at radius 1 is 1.00 bits per heavy atom. The maximum absolute atomic E-state index is 6.35. The highest BCUT2D eigenvalue weighted by Crippen LogP contribution is 2.27. The van der Waals surface area contributed by atoms with Crippen molar-refractivity contribution in [2.75, 3.05) is 18.0 Å². The Morgan fingerprint density at radius 3 is 2.55 bits per heavy atom. The van der Waals surface area contributed by atoms with Gasteiger partial charge in [0.2, 0.25) is 0 Å². The molecule has 1 N–H and O–H groups in total. The SMILES string of the molecule is c1nc(-c2nc(-c3ccc(N4CCC(OC5CCCCC5)CC4)nc3)n[nH]2)co1. The van der Waals surface area contributed by atoms with Crippen molar-refractivity contribution in [3.05, 3.63) is 31.0 Å². The van der Waals surface area contributed by atoms with E-state index < -0.39 is 0 Å². The highest BCUT2D eigenvalue weighted by molar-refractivity contribution is 5.59. The summed E-state index contributed by atoms with van der Waals surface area (Å²) in [6.45, 7) is 1.97. The van der Waals surface area contributed by atoms with Crippen LogP contribution in [0.2, 0.25) is 0 Å². The number of ether oxygens (including phenoxy) is 1. The molecule has 8 nitrogen and oxygen atoms in total. The second-order valence-electron chi connectivity index (χ2n) is 7.87. The molecule has 1 aliphatic carbocycles. The summed E-state index contributed by atoms with van der Waals surface area (Å²) in [7, 11) is 0. The van der Waals surface area contributed by atoms with Crippen LogP contribution in [0.1, 0.15) is 44.9 Å². The highest BCUT2D eigenvalue weighted by Gasteiger charge is 2.24. The van der Waals surface area contributed by atoms with Gasteiger partial charge >= 0.3 is 0 Å². The maximum atomic E-state index is 6.35. The molecular weight excluding hydrogens is 368 g/mol. The van der Waals surface area contributed by atoms with E-state index in [1.807, 2.05) is 18.3 Å². The number of hydrogen-bond donors (Lipinski definition) is 1. The number of oxazole rings is 1. The van der Waals surface area contributed by atoms with Gasteiger partial charge in [0.25, 0.3) is 0 Å². The standard InChI is InChI=1S/C21H26N6O2/c1-2-4-16(5-3-1)29-17-8-10-27(11-9-17)19-7-6-15(12-22-19)20-24-21(26-25-20)18-13-28-14-23-18/h6-7,12-14,16-17H,1-5,8-11H2,(H,24,25,26). The van der Waals surface area contributed by atoms with Gasteiger partial charge in [0.15, 0.2) is 18.0 Å². The Morgan fingerprint density at radius 2 is 1.83 bits per heavy atom. The zero-order chi connectivity index (χ0) is 19.5. The van der Waals surface area contributed by atoms with E-state index in [1.165, 1.54) is 44.8 Å². The highest BCUT2D eigenvalue weighted by atomic mass is 16.5. The number of hydrogen-bond acceptors (Lipinski definition) is 7. The third kappa shape index (κ3) is 4.17. The molecule has 29 heavy (non-hydrogen) atoms. The summed E-state index contributed by atoms with van der Waals surface area (Å²) in [6, 6.07) is 4.06. The van der Waals surface area contributed by atoms with Crippen LogP contribution in [-0.4, -0.2) is 50.4 Å². The summed E-state index contributed by atoms with van der Waals surface area (Å²) in [4.78, 5) is 15.5. The van der Waals surface area contributed by atoms with Crippen LogP contribution in [0.3, 0.4) is 0 Å². The zero-order valence-electron chi connectivity index (χ0n) is 16.5. The summed E-state index contributed by atoms with van der Waals surface area (Å²) in [5, 5.41) is 7.15. The predicted octanol–water partition coefficient (Wildman–Crippen LogP) is 3.84. The fourth-order valence-corrected chi connectivity index (χ4v) is 4.23. The Bertz CT molecular complexity index is 894. The van der Waals surface area contributed by atoms with Crippen molar-refractivity contribution in [1.82, 2.24) is 25.1 Å². The van der Waals surface area contributed by atoms with Crippen LogP contribution >= 0.6 is 0 Å². The van der Waals surface area contributed by atoms with Gasteiger partial charge in [-0.2, -0.15) is 5.10 Å². The molecule has 1 saturated carbocycles. The minimum absolute atomic E-state index is 0.400. The first-order valence-electron chi connectivity index (χ1n) is 10.5. The number of anilines is 1. The first-order chi connectivity index (χ1) is 14.3. The fourth-order valence-electron chi connectivity index (χ4n) is 4.23. The molecule has 1 aliphatic heterocycles. The van der Waals surface area contributed by atoms with Crippen LogP contribution in [0, 0.1) is 0 Å². The number of nitrogens with zero attached hydrogens (tertiary/aromatic N) is 5. The monoisotopic (exact) mass is 394 g/mol. The van der Waals surface area contributed by atoms with Crippen LogP contribution in [0.4, 0.5) is 5.82 Å². The summed E-state index contributed by atoms with van der Waals surface area (Å²) in [5.41, 5.74) is 1.50. The molecule has 0 unspecified atom stereocenters. The van der Waals surface area contributed by atoms with Crippen molar-refractivity contribution in [3.63, 3.8) is 0 Å². The van der Waals surface area contributed by atoms with Crippen LogP contribution < -0.4 is 4.90 Å².